The normalized spacial score (nSPS) is 12.3. The van der Waals surface area contributed by atoms with Crippen LogP contribution in [-0.2, 0) is 0 Å². The zero-order valence-corrected chi connectivity index (χ0v) is 37.4. The third kappa shape index (κ3) is 6.27. The molecule has 0 spiro atoms. The Bertz CT molecular complexity index is 4000. The summed E-state index contributed by atoms with van der Waals surface area (Å²) in [7, 11) is 0. The quantitative estimate of drug-likeness (QED) is 0.172. The molecule has 4 heteroatoms. The van der Waals surface area contributed by atoms with Crippen molar-refractivity contribution in [3.8, 4) is 77.9 Å². The molecular weight excluding hydrogens is 839 g/mol. The molecule has 14 rings (SSSR count). The first kappa shape index (κ1) is 39.0. The average Bonchev–Trinajstić information content (AvgIpc) is 3.69. The van der Waals surface area contributed by atoms with E-state index in [4.69, 9.17) is 4.42 Å². The minimum Gasteiger partial charge on any atom is -0.455 e. The molecule has 0 N–H and O–H groups in total. The molecule has 12 aromatic rings. The van der Waals surface area contributed by atoms with Gasteiger partial charge < -0.3 is 14.2 Å². The van der Waals surface area contributed by atoms with E-state index in [0.717, 1.165) is 89.4 Å². The van der Waals surface area contributed by atoms with Crippen LogP contribution in [0.4, 0.5) is 34.1 Å². The molecule has 2 aromatic heterocycles. The van der Waals surface area contributed by atoms with Gasteiger partial charge in [0.15, 0.2) is 0 Å². The standard InChI is InChI=1S/C65H41N3O/c1-3-22-52-50(20-1)54-24-5-8-29-60(54)67(47-18-11-15-42(37-47)46-17-14-36-66-41-46)62-34-32-43(39-58(52)62)44-33-35-63-59(40-44)53-23-4-2-21-51(53)55-25-6-9-30-61(55)68(63)48-19-12-16-45(38-48)49-27-13-28-57-56-26-7-10-31-64(56)69-65(49)57/h1-41H. The maximum atomic E-state index is 6.56. The summed E-state index contributed by atoms with van der Waals surface area (Å²) < 4.78 is 6.56. The summed E-state index contributed by atoms with van der Waals surface area (Å²) in [5.41, 5.74) is 24.7. The molecule has 0 saturated heterocycles. The van der Waals surface area contributed by atoms with E-state index in [1.54, 1.807) is 0 Å². The zero-order chi connectivity index (χ0) is 45.4. The number of pyridine rings is 1. The first-order valence-electron chi connectivity index (χ1n) is 23.5. The van der Waals surface area contributed by atoms with E-state index in [1.165, 1.54) is 44.5 Å². The minimum absolute atomic E-state index is 0.896. The van der Waals surface area contributed by atoms with Crippen molar-refractivity contribution < 1.29 is 4.42 Å². The van der Waals surface area contributed by atoms with Crippen molar-refractivity contribution >= 4 is 56.1 Å². The highest BCUT2D eigenvalue weighted by molar-refractivity contribution is 6.10. The third-order valence-corrected chi connectivity index (χ3v) is 14.0. The van der Waals surface area contributed by atoms with E-state index < -0.39 is 0 Å². The number of nitrogens with zero attached hydrogens (tertiary/aromatic N) is 3. The Labute approximate surface area is 400 Å². The number of furan rings is 1. The van der Waals surface area contributed by atoms with Gasteiger partial charge in [-0.15, -0.1) is 0 Å². The van der Waals surface area contributed by atoms with Crippen LogP contribution in [0.1, 0.15) is 0 Å². The van der Waals surface area contributed by atoms with Gasteiger partial charge in [0.2, 0.25) is 0 Å². The second-order valence-corrected chi connectivity index (χ2v) is 17.9. The van der Waals surface area contributed by atoms with Crippen LogP contribution in [0.5, 0.6) is 0 Å². The van der Waals surface area contributed by atoms with Crippen LogP contribution < -0.4 is 9.80 Å². The van der Waals surface area contributed by atoms with Crippen molar-refractivity contribution in [3.63, 3.8) is 0 Å². The van der Waals surface area contributed by atoms with Crippen LogP contribution in [0, 0.1) is 0 Å². The van der Waals surface area contributed by atoms with Crippen LogP contribution in [0.15, 0.2) is 253 Å². The smallest absolute Gasteiger partial charge is 0.143 e. The van der Waals surface area contributed by atoms with Gasteiger partial charge >= 0.3 is 0 Å². The summed E-state index contributed by atoms with van der Waals surface area (Å²) in [5, 5.41) is 2.25. The molecule has 0 aliphatic carbocycles. The Morgan fingerprint density at radius 3 is 1.35 bits per heavy atom. The van der Waals surface area contributed by atoms with Gasteiger partial charge in [0.05, 0.1) is 22.7 Å². The average molecular weight is 880 g/mol. The van der Waals surface area contributed by atoms with Gasteiger partial charge in [-0.05, 0) is 117 Å². The summed E-state index contributed by atoms with van der Waals surface area (Å²) in [4.78, 5) is 9.31. The molecule has 0 bridgehead atoms. The monoisotopic (exact) mass is 879 g/mol. The number of fused-ring (bicyclic) bond motifs is 13. The number of hydrogen-bond donors (Lipinski definition) is 0. The second-order valence-electron chi connectivity index (χ2n) is 17.9. The highest BCUT2D eigenvalue weighted by atomic mass is 16.3. The van der Waals surface area contributed by atoms with E-state index >= 15 is 0 Å². The van der Waals surface area contributed by atoms with Gasteiger partial charge in [0.25, 0.3) is 0 Å². The van der Waals surface area contributed by atoms with E-state index in [9.17, 15) is 0 Å². The van der Waals surface area contributed by atoms with Crippen molar-refractivity contribution in [3.05, 3.63) is 249 Å². The van der Waals surface area contributed by atoms with Crippen LogP contribution >= 0.6 is 0 Å². The topological polar surface area (TPSA) is 32.5 Å². The third-order valence-electron chi connectivity index (χ3n) is 14.0. The number of aromatic nitrogens is 1. The molecule has 0 amide bonds. The lowest BCUT2D eigenvalue weighted by atomic mass is 9.90. The molecule has 10 aromatic carbocycles. The fraction of sp³-hybridized carbons (Fsp3) is 0. The molecule has 69 heavy (non-hydrogen) atoms. The lowest BCUT2D eigenvalue weighted by Gasteiger charge is -2.28. The minimum atomic E-state index is 0.896. The molecule has 4 heterocycles. The first-order valence-corrected chi connectivity index (χ1v) is 23.5. The number of benzene rings is 10. The summed E-state index contributed by atoms with van der Waals surface area (Å²) in [6.45, 7) is 0. The molecule has 2 aliphatic heterocycles. The molecule has 0 saturated carbocycles. The summed E-state index contributed by atoms with van der Waals surface area (Å²) in [5.74, 6) is 0. The maximum absolute atomic E-state index is 6.56. The van der Waals surface area contributed by atoms with Crippen LogP contribution in [-0.4, -0.2) is 4.98 Å². The molecule has 0 fully saturated rings. The van der Waals surface area contributed by atoms with Gasteiger partial charge in [0.1, 0.15) is 11.2 Å². The lowest BCUT2D eigenvalue weighted by molar-refractivity contribution is 0.670. The van der Waals surface area contributed by atoms with Crippen molar-refractivity contribution in [1.29, 1.82) is 0 Å². The maximum Gasteiger partial charge on any atom is 0.143 e. The van der Waals surface area contributed by atoms with E-state index in [1.807, 2.05) is 24.5 Å². The van der Waals surface area contributed by atoms with E-state index in [2.05, 4.69) is 239 Å². The van der Waals surface area contributed by atoms with Gasteiger partial charge in [-0.1, -0.05) is 164 Å². The number of para-hydroxylation sites is 4. The van der Waals surface area contributed by atoms with E-state index in [-0.39, 0.29) is 0 Å². The van der Waals surface area contributed by atoms with Crippen LogP contribution in [0.25, 0.3) is 99.8 Å². The fourth-order valence-electron chi connectivity index (χ4n) is 10.9. The van der Waals surface area contributed by atoms with Crippen molar-refractivity contribution in [2.45, 2.75) is 0 Å². The number of rotatable bonds is 5. The first-order chi connectivity index (χ1) is 34.2. The predicted octanol–water partition coefficient (Wildman–Crippen LogP) is 18.2. The van der Waals surface area contributed by atoms with Crippen LogP contribution in [0.2, 0.25) is 0 Å². The number of anilines is 6. The Morgan fingerprint density at radius 2 is 0.739 bits per heavy atom. The summed E-state index contributed by atoms with van der Waals surface area (Å²) in [6, 6.07) is 86.0. The molecular formula is C65H41N3O. The molecule has 322 valence electrons. The summed E-state index contributed by atoms with van der Waals surface area (Å²) in [6.07, 6.45) is 3.76. The number of hydrogen-bond acceptors (Lipinski definition) is 4. The highest BCUT2D eigenvalue weighted by Gasteiger charge is 2.29. The SMILES string of the molecule is c1cncc(-c2cccc(N3c4ccccc4-c4ccccc4-c4cc(-c5ccc6c(c5)-c5ccccc5-c5ccccc5N6c5cccc(-c6cccc7c6oc6ccccc67)c5)ccc43)c2)c1. The second kappa shape index (κ2) is 15.7. The Kier molecular flexibility index (Phi) is 8.86. The van der Waals surface area contributed by atoms with Gasteiger partial charge in [-0.25, -0.2) is 0 Å². The van der Waals surface area contributed by atoms with Crippen molar-refractivity contribution in [2.24, 2.45) is 0 Å². The molecule has 4 nitrogen and oxygen atoms in total. The molecule has 2 aliphatic rings. The Morgan fingerprint density at radius 1 is 0.290 bits per heavy atom. The van der Waals surface area contributed by atoms with Crippen LogP contribution in [0.3, 0.4) is 0 Å². The molecule has 0 radical (unpaired) electrons. The molecule has 0 unspecified atom stereocenters. The largest absolute Gasteiger partial charge is 0.455 e. The van der Waals surface area contributed by atoms with E-state index in [0.29, 0.717) is 0 Å². The Balaban J connectivity index is 0.945. The van der Waals surface area contributed by atoms with Gasteiger partial charge in [0, 0.05) is 67.9 Å². The van der Waals surface area contributed by atoms with Gasteiger partial charge in [-0.2, -0.15) is 0 Å². The molecule has 0 atom stereocenters. The van der Waals surface area contributed by atoms with Crippen molar-refractivity contribution in [1.82, 2.24) is 4.98 Å². The van der Waals surface area contributed by atoms with Gasteiger partial charge in [-0.3, -0.25) is 4.98 Å². The lowest BCUT2D eigenvalue weighted by Crippen LogP contribution is -2.11. The van der Waals surface area contributed by atoms with Crippen molar-refractivity contribution in [2.75, 3.05) is 9.80 Å². The Hall–Kier alpha value is -9.25. The zero-order valence-electron chi connectivity index (χ0n) is 37.4. The highest BCUT2D eigenvalue weighted by Crippen LogP contribution is 2.54. The fourth-order valence-corrected chi connectivity index (χ4v) is 10.9. The summed E-state index contributed by atoms with van der Waals surface area (Å²) >= 11 is 0. The predicted molar refractivity (Wildman–Crippen MR) is 286 cm³/mol.